The molecule has 5 rings (SSSR count). The topological polar surface area (TPSA) is 398 Å². The van der Waals surface area contributed by atoms with Crippen LogP contribution in [0.5, 0.6) is 0 Å². The summed E-state index contributed by atoms with van der Waals surface area (Å²) in [6.45, 7) is -0.604. The number of rotatable bonds is 20. The highest BCUT2D eigenvalue weighted by molar-refractivity contribution is 5.80. The molecule has 1 aliphatic carbocycles. The zero-order valence-corrected chi connectivity index (χ0v) is 33.2. The zero-order chi connectivity index (χ0) is 43.7. The van der Waals surface area contributed by atoms with Crippen molar-refractivity contribution in [1.82, 2.24) is 10.6 Å². The number of carbonyl (C=O) groups excluding carboxylic acids is 1. The van der Waals surface area contributed by atoms with Crippen molar-refractivity contribution in [3.63, 3.8) is 0 Å². The number of aliphatic hydroxyl groups excluding tert-OH is 8. The molecule has 344 valence electrons. The molecule has 4 fully saturated rings. The Hall–Kier alpha value is -2.15. The van der Waals surface area contributed by atoms with Gasteiger partial charge in [-0.2, -0.15) is 0 Å². The highest BCUT2D eigenvalue weighted by Crippen LogP contribution is 2.36. The largest absolute Gasteiger partial charge is 0.394 e. The Morgan fingerprint density at radius 3 is 1.93 bits per heavy atom. The van der Waals surface area contributed by atoms with Gasteiger partial charge >= 0.3 is 0 Å². The van der Waals surface area contributed by atoms with E-state index in [4.69, 9.17) is 61.8 Å². The van der Waals surface area contributed by atoms with Gasteiger partial charge in [0.05, 0.1) is 37.9 Å². The van der Waals surface area contributed by atoms with Gasteiger partial charge in [0.2, 0.25) is 5.91 Å². The van der Waals surface area contributed by atoms with Crippen LogP contribution in [0.3, 0.4) is 0 Å². The van der Waals surface area contributed by atoms with Gasteiger partial charge < -0.3 is 113 Å². The van der Waals surface area contributed by atoms with E-state index < -0.39 is 142 Å². The molecular formula is C37H65N7O16. The number of carbonyl (C=O) groups is 1. The number of aliphatic hydroxyl groups is 8. The maximum atomic E-state index is 12.9. The maximum Gasteiger partial charge on any atom is 0.249 e. The molecule has 3 aliphatic heterocycles. The molecule has 20 atom stereocenters. The number of nitrogens with two attached hydrogens (primary N) is 5. The molecule has 3 saturated heterocycles. The summed E-state index contributed by atoms with van der Waals surface area (Å²) in [6.07, 6.45) is -22.0. The third kappa shape index (κ3) is 11.7. The normalized spacial score (nSPS) is 41.6. The van der Waals surface area contributed by atoms with Crippen LogP contribution in [0.25, 0.3) is 0 Å². The molecule has 1 aromatic carbocycles. The van der Waals surface area contributed by atoms with Crippen LogP contribution in [0.2, 0.25) is 0 Å². The van der Waals surface area contributed by atoms with Crippen LogP contribution in [-0.2, 0) is 44.4 Å². The van der Waals surface area contributed by atoms with E-state index in [-0.39, 0.29) is 32.5 Å². The Morgan fingerprint density at radius 2 is 1.32 bits per heavy atom. The molecule has 23 nitrogen and oxygen atoms in total. The van der Waals surface area contributed by atoms with E-state index in [1.165, 1.54) is 0 Å². The molecule has 0 spiro atoms. The minimum absolute atomic E-state index is 0.00142. The number of ether oxygens (including phenoxy) is 7. The summed E-state index contributed by atoms with van der Waals surface area (Å²) in [5.74, 6) is -0.839. The Bertz CT molecular complexity index is 1430. The first-order valence-corrected chi connectivity index (χ1v) is 20.3. The molecule has 4 aliphatic rings. The lowest BCUT2D eigenvalue weighted by Gasteiger charge is -2.48. The third-order valence-corrected chi connectivity index (χ3v) is 11.3. The molecule has 1 saturated carbocycles. The van der Waals surface area contributed by atoms with E-state index in [0.29, 0.717) is 13.1 Å². The van der Waals surface area contributed by atoms with E-state index in [9.17, 15) is 45.6 Å². The molecule has 20 N–H and O–H groups in total. The lowest BCUT2D eigenvalue weighted by molar-refractivity contribution is -0.312. The van der Waals surface area contributed by atoms with Crippen molar-refractivity contribution in [2.24, 2.45) is 28.7 Å². The SMILES string of the molecule is NCCC(O)C(=O)N[C@H]1C[C@H](N)[C@@H](O[C@H]2O[C@H](CO)[C@@H](O)[C@H](O)[C@H]2N)[C@H](O[C@@H]2O[C@H](CO)[C@@H](O[C@H]3O[C@@H](CN)[C@@H](O)[C@H](O)[C@H]3N)[C@H]2OCCNCCc2ccccc2)[C@H]1O. The number of hydrogen-bond donors (Lipinski definition) is 15. The second-order valence-electron chi connectivity index (χ2n) is 15.6. The van der Waals surface area contributed by atoms with Crippen LogP contribution in [0.1, 0.15) is 18.4 Å². The summed E-state index contributed by atoms with van der Waals surface area (Å²) in [5, 5.41) is 90.7. The van der Waals surface area contributed by atoms with Crippen LogP contribution in [0.15, 0.2) is 30.3 Å². The molecule has 3 heterocycles. The molecular weight excluding hydrogens is 798 g/mol. The highest BCUT2D eigenvalue weighted by Gasteiger charge is 2.55. The zero-order valence-electron chi connectivity index (χ0n) is 33.2. The molecule has 60 heavy (non-hydrogen) atoms. The second-order valence-corrected chi connectivity index (χ2v) is 15.6. The highest BCUT2D eigenvalue weighted by atomic mass is 16.8. The Labute approximate surface area is 347 Å². The van der Waals surface area contributed by atoms with Gasteiger partial charge in [0.25, 0.3) is 0 Å². The number of benzene rings is 1. The third-order valence-electron chi connectivity index (χ3n) is 11.3. The van der Waals surface area contributed by atoms with Crippen LogP contribution in [0, 0.1) is 0 Å². The maximum absolute atomic E-state index is 12.9. The van der Waals surface area contributed by atoms with Gasteiger partial charge in [0.1, 0.15) is 79.4 Å². The van der Waals surface area contributed by atoms with Crippen molar-refractivity contribution in [2.75, 3.05) is 46.0 Å². The van der Waals surface area contributed by atoms with E-state index >= 15 is 0 Å². The first kappa shape index (κ1) is 48.9. The van der Waals surface area contributed by atoms with Crippen molar-refractivity contribution in [3.05, 3.63) is 35.9 Å². The summed E-state index contributed by atoms with van der Waals surface area (Å²) in [5.41, 5.74) is 31.5. The Kier molecular flexibility index (Phi) is 18.7. The van der Waals surface area contributed by atoms with Crippen molar-refractivity contribution >= 4 is 5.91 Å². The minimum Gasteiger partial charge on any atom is -0.394 e. The fourth-order valence-corrected chi connectivity index (χ4v) is 7.80. The summed E-state index contributed by atoms with van der Waals surface area (Å²) < 4.78 is 42.9. The van der Waals surface area contributed by atoms with Crippen LogP contribution in [-0.4, -0.2) is 215 Å². The lowest BCUT2D eigenvalue weighted by Crippen LogP contribution is -2.69. The van der Waals surface area contributed by atoms with Crippen LogP contribution < -0.4 is 39.3 Å². The van der Waals surface area contributed by atoms with Gasteiger partial charge in [0.15, 0.2) is 18.9 Å². The van der Waals surface area contributed by atoms with E-state index in [0.717, 1.165) is 12.0 Å². The van der Waals surface area contributed by atoms with E-state index in [1.807, 2.05) is 30.3 Å². The Balaban J connectivity index is 1.41. The standard InChI is InChI=1S/C37H65N7O16/c38-8-6-19(47)34(53)44-18-12-17(40)30(58-36-24(42)29(52)27(50)21(14-45)56-36)32(25(18)48)60-37-33(54-11-10-43-9-7-16-4-2-1-3-5-16)31(22(15-46)57-37)59-35-23(41)28(51)26(49)20(13-39)55-35/h1-5,17-33,35-37,43,45-52H,6-15,38-42H2,(H,44,53)/t17-,18-,19?,20-,21+,22+,23+,24+,25-,26+,27+,28+,29+,30+,31+,32+,33+,35+,36+,37-/m0/s1. The molecule has 1 amide bonds. The quantitative estimate of drug-likeness (QED) is 0.0541. The van der Waals surface area contributed by atoms with Gasteiger partial charge in [-0.15, -0.1) is 0 Å². The fraction of sp³-hybridized carbons (Fsp3) is 0.811. The van der Waals surface area contributed by atoms with Gasteiger partial charge in [-0.1, -0.05) is 30.3 Å². The predicted molar refractivity (Wildman–Crippen MR) is 207 cm³/mol. The second kappa shape index (κ2) is 23.0. The van der Waals surface area contributed by atoms with Crippen molar-refractivity contribution in [2.45, 2.75) is 142 Å². The van der Waals surface area contributed by atoms with Crippen molar-refractivity contribution in [3.8, 4) is 0 Å². The molecule has 1 aromatic rings. The number of nitrogens with one attached hydrogen (secondary N) is 2. The van der Waals surface area contributed by atoms with Crippen molar-refractivity contribution in [1.29, 1.82) is 0 Å². The van der Waals surface area contributed by atoms with Crippen molar-refractivity contribution < 1.29 is 78.8 Å². The predicted octanol–water partition coefficient (Wildman–Crippen LogP) is -8.14. The average molecular weight is 864 g/mol. The molecule has 1 unspecified atom stereocenters. The average Bonchev–Trinajstić information content (AvgIpc) is 3.57. The fourth-order valence-electron chi connectivity index (χ4n) is 7.80. The van der Waals surface area contributed by atoms with Gasteiger partial charge in [-0.25, -0.2) is 0 Å². The summed E-state index contributed by atoms with van der Waals surface area (Å²) in [6, 6.07) is 4.94. The molecule has 0 bridgehead atoms. The molecule has 0 radical (unpaired) electrons. The van der Waals surface area contributed by atoms with Crippen LogP contribution in [0.4, 0.5) is 0 Å². The molecule has 0 aromatic heterocycles. The summed E-state index contributed by atoms with van der Waals surface area (Å²) in [4.78, 5) is 12.9. The Morgan fingerprint density at radius 1 is 0.733 bits per heavy atom. The first-order valence-electron chi connectivity index (χ1n) is 20.3. The summed E-state index contributed by atoms with van der Waals surface area (Å²) >= 11 is 0. The van der Waals surface area contributed by atoms with E-state index in [1.54, 1.807) is 0 Å². The van der Waals surface area contributed by atoms with Gasteiger partial charge in [0, 0.05) is 19.1 Å². The van der Waals surface area contributed by atoms with E-state index in [2.05, 4.69) is 10.6 Å². The first-order chi connectivity index (χ1) is 28.7. The van der Waals surface area contributed by atoms with Gasteiger partial charge in [-0.3, -0.25) is 4.79 Å². The smallest absolute Gasteiger partial charge is 0.249 e. The lowest BCUT2D eigenvalue weighted by atomic mass is 9.83. The van der Waals surface area contributed by atoms with Gasteiger partial charge in [-0.05, 0) is 37.9 Å². The number of hydrogen-bond acceptors (Lipinski definition) is 22. The minimum atomic E-state index is -1.65. The summed E-state index contributed by atoms with van der Waals surface area (Å²) in [7, 11) is 0. The molecule has 23 heteroatoms. The monoisotopic (exact) mass is 863 g/mol. The number of amides is 1. The van der Waals surface area contributed by atoms with Crippen LogP contribution >= 0.6 is 0 Å².